The second kappa shape index (κ2) is 9.19. The number of aromatic amines is 1. The molecule has 0 spiro atoms. The SMILES string of the molecule is NC(=N[N+](=O)[O-])NCCCn1cc(C2=C(c3c[nH]c4ccccc34)C(=O)NC2=O)c2cc(Cl)ccc21. The maximum atomic E-state index is 13.1. The van der Waals surface area contributed by atoms with Crippen LogP contribution in [0.1, 0.15) is 17.5 Å². The summed E-state index contributed by atoms with van der Waals surface area (Å²) < 4.78 is 1.94. The first kappa shape index (κ1) is 23.1. The first-order valence-corrected chi connectivity index (χ1v) is 11.4. The first-order chi connectivity index (χ1) is 17.3. The van der Waals surface area contributed by atoms with Gasteiger partial charge in [-0.05, 0) is 30.7 Å². The van der Waals surface area contributed by atoms with E-state index in [2.05, 4.69) is 20.7 Å². The lowest BCUT2D eigenvalue weighted by molar-refractivity contribution is -0.485. The number of benzene rings is 2. The number of H-pyrrole nitrogens is 1. The highest BCUT2D eigenvalue weighted by Crippen LogP contribution is 2.38. The minimum absolute atomic E-state index is 0.274. The Labute approximate surface area is 208 Å². The number of para-hydroxylation sites is 1. The normalized spacial score (nSPS) is 14.2. The molecule has 0 fully saturated rings. The molecule has 5 N–H and O–H groups in total. The van der Waals surface area contributed by atoms with Crippen molar-refractivity contribution in [1.82, 2.24) is 20.2 Å². The van der Waals surface area contributed by atoms with Crippen molar-refractivity contribution in [3.05, 3.63) is 81.1 Å². The zero-order chi connectivity index (χ0) is 25.4. The van der Waals surface area contributed by atoms with Gasteiger partial charge in [0.15, 0.2) is 5.03 Å². The van der Waals surface area contributed by atoms with Crippen LogP contribution in [0.5, 0.6) is 0 Å². The number of nitro groups is 1. The number of fused-ring (bicyclic) bond motifs is 2. The van der Waals surface area contributed by atoms with E-state index in [-0.39, 0.29) is 11.5 Å². The number of amides is 2. The lowest BCUT2D eigenvalue weighted by Crippen LogP contribution is -2.33. The minimum Gasteiger partial charge on any atom is -0.365 e. The molecule has 0 saturated carbocycles. The summed E-state index contributed by atoms with van der Waals surface area (Å²) in [6.07, 6.45) is 4.10. The molecule has 3 heterocycles. The van der Waals surface area contributed by atoms with Gasteiger partial charge in [0.05, 0.1) is 11.1 Å². The Bertz CT molecular complexity index is 1620. The molecule has 1 aliphatic heterocycles. The largest absolute Gasteiger partial charge is 0.365 e. The smallest absolute Gasteiger partial charge is 0.266 e. The van der Waals surface area contributed by atoms with Crippen LogP contribution in [0.15, 0.2) is 60.0 Å². The van der Waals surface area contributed by atoms with Gasteiger partial charge in [-0.3, -0.25) is 14.9 Å². The van der Waals surface area contributed by atoms with Crippen LogP contribution in [0, 0.1) is 10.1 Å². The molecular formula is C24H20ClN7O4. The third kappa shape index (κ3) is 4.16. The lowest BCUT2D eigenvalue weighted by atomic mass is 9.95. The number of hydrazone groups is 1. The number of aryl methyl sites for hydroxylation is 1. The van der Waals surface area contributed by atoms with Gasteiger partial charge in [0.1, 0.15) is 5.10 Å². The van der Waals surface area contributed by atoms with Crippen LogP contribution >= 0.6 is 11.6 Å². The summed E-state index contributed by atoms with van der Waals surface area (Å²) in [4.78, 5) is 39.6. The molecule has 2 aromatic carbocycles. The summed E-state index contributed by atoms with van der Waals surface area (Å²) in [7, 11) is 0. The molecule has 36 heavy (non-hydrogen) atoms. The van der Waals surface area contributed by atoms with Crippen LogP contribution in [0.4, 0.5) is 0 Å². The third-order valence-corrected chi connectivity index (χ3v) is 6.21. The Hall–Kier alpha value is -4.64. The molecule has 12 heteroatoms. The van der Waals surface area contributed by atoms with Crippen LogP contribution in [-0.4, -0.2) is 38.9 Å². The molecule has 5 rings (SSSR count). The van der Waals surface area contributed by atoms with Crippen molar-refractivity contribution < 1.29 is 14.6 Å². The van der Waals surface area contributed by atoms with Crippen LogP contribution < -0.4 is 16.4 Å². The molecule has 2 aromatic heterocycles. The molecule has 0 saturated heterocycles. The predicted molar refractivity (Wildman–Crippen MR) is 136 cm³/mol. The van der Waals surface area contributed by atoms with Gasteiger partial charge in [-0.2, -0.15) is 0 Å². The summed E-state index contributed by atoms with van der Waals surface area (Å²) in [6, 6.07) is 12.9. The number of carbonyl (C=O) groups is 2. The van der Waals surface area contributed by atoms with Crippen molar-refractivity contribution in [1.29, 1.82) is 0 Å². The molecule has 0 radical (unpaired) electrons. The zero-order valence-electron chi connectivity index (χ0n) is 18.7. The number of nitrogens with two attached hydrogens (primary N) is 1. The van der Waals surface area contributed by atoms with E-state index in [1.54, 1.807) is 18.3 Å². The number of guanidine groups is 1. The highest BCUT2D eigenvalue weighted by atomic mass is 35.5. The van der Waals surface area contributed by atoms with Gasteiger partial charge in [-0.1, -0.05) is 29.8 Å². The molecule has 2 amide bonds. The van der Waals surface area contributed by atoms with Gasteiger partial charge in [0.2, 0.25) is 0 Å². The zero-order valence-corrected chi connectivity index (χ0v) is 19.5. The summed E-state index contributed by atoms with van der Waals surface area (Å²) in [5, 5.41) is 19.7. The van der Waals surface area contributed by atoms with Gasteiger partial charge in [-0.25, -0.2) is 10.1 Å². The summed E-state index contributed by atoms with van der Waals surface area (Å²) in [5.74, 6) is -1.23. The molecule has 182 valence electrons. The third-order valence-electron chi connectivity index (χ3n) is 5.97. The second-order valence-corrected chi connectivity index (χ2v) is 8.62. The van der Waals surface area contributed by atoms with Gasteiger partial charge in [0.25, 0.3) is 17.8 Å². The van der Waals surface area contributed by atoms with Crippen molar-refractivity contribution in [3.63, 3.8) is 0 Å². The lowest BCUT2D eigenvalue weighted by Gasteiger charge is -2.06. The first-order valence-electron chi connectivity index (χ1n) is 11.0. The Morgan fingerprint density at radius 2 is 1.86 bits per heavy atom. The summed E-state index contributed by atoms with van der Waals surface area (Å²) in [5.41, 5.74) is 8.92. The van der Waals surface area contributed by atoms with Crippen LogP contribution in [-0.2, 0) is 16.1 Å². The number of aromatic nitrogens is 2. The fourth-order valence-corrected chi connectivity index (χ4v) is 4.66. The Kier molecular flexibility index (Phi) is 5.90. The van der Waals surface area contributed by atoms with E-state index in [0.29, 0.717) is 41.2 Å². The van der Waals surface area contributed by atoms with Crippen molar-refractivity contribution in [2.45, 2.75) is 13.0 Å². The number of nitrogens with one attached hydrogen (secondary N) is 3. The fourth-order valence-electron chi connectivity index (χ4n) is 4.49. The number of hydrogen-bond donors (Lipinski definition) is 4. The summed E-state index contributed by atoms with van der Waals surface area (Å²) in [6.45, 7) is 0.843. The quantitative estimate of drug-likeness (QED) is 0.0754. The molecule has 4 aromatic rings. The molecule has 0 bridgehead atoms. The second-order valence-electron chi connectivity index (χ2n) is 8.18. The standard InChI is InChI=1S/C24H20ClN7O4/c25-13-6-7-19-15(10-13)17(12-31(19)9-3-8-27-24(26)30-32(35)36)21-20(22(33)29-23(21)34)16-11-28-18-5-2-1-4-14(16)18/h1-2,4-7,10-12,28H,3,8-9H2,(H3,26,27,30)(H,29,33,34). The van der Waals surface area contributed by atoms with Gasteiger partial charge >= 0.3 is 0 Å². The molecular weight excluding hydrogens is 486 g/mol. The van der Waals surface area contributed by atoms with Crippen molar-refractivity contribution in [2.24, 2.45) is 10.8 Å². The van der Waals surface area contributed by atoms with Crippen molar-refractivity contribution in [2.75, 3.05) is 6.54 Å². The van der Waals surface area contributed by atoms with E-state index < -0.39 is 16.8 Å². The van der Waals surface area contributed by atoms with E-state index in [1.165, 1.54) is 0 Å². The number of rotatable bonds is 7. The van der Waals surface area contributed by atoms with Crippen LogP contribution in [0.25, 0.3) is 33.0 Å². The number of nitrogens with zero attached hydrogens (tertiary/aromatic N) is 3. The van der Waals surface area contributed by atoms with Crippen LogP contribution in [0.3, 0.4) is 0 Å². The number of hydrogen-bond acceptors (Lipinski definition) is 4. The fraction of sp³-hybridized carbons (Fsp3) is 0.125. The van der Waals surface area contributed by atoms with E-state index in [9.17, 15) is 19.7 Å². The Morgan fingerprint density at radius 3 is 2.64 bits per heavy atom. The van der Waals surface area contributed by atoms with Gasteiger partial charge < -0.3 is 20.6 Å². The number of imide groups is 1. The molecule has 1 aliphatic rings. The highest BCUT2D eigenvalue weighted by molar-refractivity contribution is 6.51. The molecule has 0 unspecified atom stereocenters. The highest BCUT2D eigenvalue weighted by Gasteiger charge is 2.35. The van der Waals surface area contributed by atoms with Gasteiger partial charge in [0, 0.05) is 63.4 Å². The topological polar surface area (TPSA) is 160 Å². The molecule has 11 nitrogen and oxygen atoms in total. The predicted octanol–water partition coefficient (Wildman–Crippen LogP) is 2.83. The van der Waals surface area contributed by atoms with E-state index in [1.807, 2.05) is 41.1 Å². The van der Waals surface area contributed by atoms with Crippen molar-refractivity contribution in [3.8, 4) is 0 Å². The van der Waals surface area contributed by atoms with Crippen LogP contribution in [0.2, 0.25) is 5.02 Å². The number of carbonyl (C=O) groups excluding carboxylic acids is 2. The number of halogens is 1. The molecule has 0 aliphatic carbocycles. The average molecular weight is 506 g/mol. The van der Waals surface area contributed by atoms with E-state index in [4.69, 9.17) is 17.3 Å². The Balaban J connectivity index is 1.57. The summed E-state index contributed by atoms with van der Waals surface area (Å²) >= 11 is 6.30. The van der Waals surface area contributed by atoms with Gasteiger partial charge in [-0.15, -0.1) is 0 Å². The Morgan fingerprint density at radius 1 is 1.11 bits per heavy atom. The minimum atomic E-state index is -0.870. The average Bonchev–Trinajstić information content (AvgIpc) is 3.48. The van der Waals surface area contributed by atoms with E-state index >= 15 is 0 Å². The monoisotopic (exact) mass is 505 g/mol. The molecule has 0 atom stereocenters. The van der Waals surface area contributed by atoms with Crippen molar-refractivity contribution >= 4 is 62.3 Å². The van der Waals surface area contributed by atoms with E-state index in [0.717, 1.165) is 21.8 Å². The maximum absolute atomic E-state index is 13.1. The maximum Gasteiger partial charge on any atom is 0.266 e.